The highest BCUT2D eigenvalue weighted by Gasteiger charge is 2.16. The highest BCUT2D eigenvalue weighted by molar-refractivity contribution is 7.10. The lowest BCUT2D eigenvalue weighted by Crippen LogP contribution is -2.35. The van der Waals surface area contributed by atoms with Crippen LogP contribution < -0.4 is 22.1 Å². The van der Waals surface area contributed by atoms with Gasteiger partial charge in [-0.3, -0.25) is 9.59 Å². The minimum absolute atomic E-state index is 0.244. The number of hydrogen-bond acceptors (Lipinski definition) is 7. The SMILES string of the molecule is CC[C@@H](Nc1ccc(C(N)=O)c(Nc2cc(C)ns2)n1)C(N)=O. The number of hydrogen-bond donors (Lipinski definition) is 4. The van der Waals surface area contributed by atoms with Crippen LogP contribution in [0.4, 0.5) is 16.6 Å². The van der Waals surface area contributed by atoms with Crippen molar-refractivity contribution in [1.29, 1.82) is 0 Å². The normalized spacial score (nSPS) is 11.7. The van der Waals surface area contributed by atoms with Crippen molar-refractivity contribution in [3.05, 3.63) is 29.5 Å². The molecule has 0 fully saturated rings. The Morgan fingerprint density at radius 1 is 1.35 bits per heavy atom. The van der Waals surface area contributed by atoms with Gasteiger partial charge in [0.2, 0.25) is 5.91 Å². The highest BCUT2D eigenvalue weighted by atomic mass is 32.1. The van der Waals surface area contributed by atoms with Crippen molar-refractivity contribution >= 4 is 40.0 Å². The number of amides is 2. The zero-order chi connectivity index (χ0) is 17.0. The number of nitrogens with one attached hydrogen (secondary N) is 2. The van der Waals surface area contributed by atoms with Crippen molar-refractivity contribution < 1.29 is 9.59 Å². The molecule has 122 valence electrons. The number of aromatic nitrogens is 2. The first kappa shape index (κ1) is 16.7. The largest absolute Gasteiger partial charge is 0.368 e. The van der Waals surface area contributed by atoms with Crippen LogP contribution in [0.5, 0.6) is 0 Å². The summed E-state index contributed by atoms with van der Waals surface area (Å²) in [6.07, 6.45) is 0.519. The maximum atomic E-state index is 11.6. The topological polar surface area (TPSA) is 136 Å². The van der Waals surface area contributed by atoms with Gasteiger partial charge in [-0.05, 0) is 43.1 Å². The van der Waals surface area contributed by atoms with Crippen LogP contribution in [0.1, 0.15) is 29.4 Å². The van der Waals surface area contributed by atoms with E-state index in [9.17, 15) is 9.59 Å². The average molecular weight is 334 g/mol. The number of nitrogens with zero attached hydrogens (tertiary/aromatic N) is 2. The summed E-state index contributed by atoms with van der Waals surface area (Å²) in [5, 5.41) is 6.69. The molecular weight excluding hydrogens is 316 g/mol. The maximum Gasteiger partial charge on any atom is 0.252 e. The van der Waals surface area contributed by atoms with E-state index in [1.54, 1.807) is 12.1 Å². The summed E-state index contributed by atoms with van der Waals surface area (Å²) < 4.78 is 4.15. The van der Waals surface area contributed by atoms with Crippen molar-refractivity contribution in [2.24, 2.45) is 11.5 Å². The third-order valence-electron chi connectivity index (χ3n) is 3.10. The second kappa shape index (κ2) is 7.05. The molecule has 0 aromatic carbocycles. The first-order valence-electron chi connectivity index (χ1n) is 6.97. The number of nitrogens with two attached hydrogens (primary N) is 2. The highest BCUT2D eigenvalue weighted by Crippen LogP contribution is 2.24. The lowest BCUT2D eigenvalue weighted by Gasteiger charge is -2.15. The molecule has 0 aliphatic rings. The minimum atomic E-state index is -0.602. The molecule has 9 heteroatoms. The molecule has 0 saturated heterocycles. The molecule has 2 amide bonds. The summed E-state index contributed by atoms with van der Waals surface area (Å²) in [7, 11) is 0. The Morgan fingerprint density at radius 2 is 2.09 bits per heavy atom. The monoisotopic (exact) mass is 334 g/mol. The number of primary amides is 2. The molecule has 2 aromatic rings. The third-order valence-corrected chi connectivity index (χ3v) is 3.90. The smallest absolute Gasteiger partial charge is 0.252 e. The van der Waals surface area contributed by atoms with Crippen molar-refractivity contribution in [2.45, 2.75) is 26.3 Å². The average Bonchev–Trinajstić information content (AvgIpc) is 2.89. The molecule has 2 aromatic heterocycles. The fourth-order valence-electron chi connectivity index (χ4n) is 1.93. The number of carbonyl (C=O) groups is 2. The predicted molar refractivity (Wildman–Crippen MR) is 89.8 cm³/mol. The Morgan fingerprint density at radius 3 is 2.61 bits per heavy atom. The van der Waals surface area contributed by atoms with Crippen LogP contribution in [-0.2, 0) is 4.79 Å². The Kier molecular flexibility index (Phi) is 5.12. The van der Waals surface area contributed by atoms with Crippen LogP contribution in [0.25, 0.3) is 0 Å². The number of aryl methyl sites for hydroxylation is 1. The fraction of sp³-hybridized carbons (Fsp3) is 0.286. The molecule has 1 atom stereocenters. The van der Waals surface area contributed by atoms with Gasteiger partial charge in [-0.2, -0.15) is 4.37 Å². The first-order valence-corrected chi connectivity index (χ1v) is 7.75. The van der Waals surface area contributed by atoms with E-state index in [0.717, 1.165) is 10.7 Å². The number of carbonyl (C=O) groups excluding carboxylic acids is 2. The van der Waals surface area contributed by atoms with Crippen molar-refractivity contribution in [2.75, 3.05) is 10.6 Å². The van der Waals surface area contributed by atoms with E-state index in [4.69, 9.17) is 11.5 Å². The molecule has 2 heterocycles. The first-order chi connectivity index (χ1) is 10.9. The molecule has 0 unspecified atom stereocenters. The zero-order valence-electron chi connectivity index (χ0n) is 12.8. The number of rotatable bonds is 7. The molecule has 0 aliphatic heterocycles. The summed E-state index contributed by atoms with van der Waals surface area (Å²) in [6, 6.07) is 4.41. The minimum Gasteiger partial charge on any atom is -0.368 e. The Bertz CT molecular complexity index is 730. The van der Waals surface area contributed by atoms with E-state index < -0.39 is 17.9 Å². The van der Waals surface area contributed by atoms with Gasteiger partial charge in [0.15, 0.2) is 0 Å². The van der Waals surface area contributed by atoms with E-state index in [1.807, 2.05) is 19.9 Å². The number of pyridine rings is 1. The van der Waals surface area contributed by atoms with E-state index in [0.29, 0.717) is 18.1 Å². The molecule has 0 radical (unpaired) electrons. The van der Waals surface area contributed by atoms with Crippen LogP contribution in [0.2, 0.25) is 0 Å². The van der Waals surface area contributed by atoms with Crippen LogP contribution in [0.15, 0.2) is 18.2 Å². The van der Waals surface area contributed by atoms with E-state index >= 15 is 0 Å². The molecule has 0 saturated carbocycles. The fourth-order valence-corrected chi connectivity index (χ4v) is 2.59. The van der Waals surface area contributed by atoms with E-state index in [1.165, 1.54) is 11.5 Å². The van der Waals surface area contributed by atoms with Gasteiger partial charge in [-0.25, -0.2) is 4.98 Å². The van der Waals surface area contributed by atoms with E-state index in [2.05, 4.69) is 20.0 Å². The lowest BCUT2D eigenvalue weighted by atomic mass is 10.2. The quantitative estimate of drug-likeness (QED) is 0.603. The second-order valence-electron chi connectivity index (χ2n) is 4.92. The molecule has 0 spiro atoms. The number of anilines is 3. The molecule has 8 nitrogen and oxygen atoms in total. The molecule has 23 heavy (non-hydrogen) atoms. The van der Waals surface area contributed by atoms with Gasteiger partial charge in [0.25, 0.3) is 5.91 Å². The maximum absolute atomic E-state index is 11.6. The third kappa shape index (κ3) is 4.16. The Balaban J connectivity index is 2.31. The molecule has 0 aliphatic carbocycles. The van der Waals surface area contributed by atoms with Gasteiger partial charge in [0.1, 0.15) is 22.7 Å². The van der Waals surface area contributed by atoms with Crippen molar-refractivity contribution in [1.82, 2.24) is 9.36 Å². The molecular formula is C14H18N6O2S. The van der Waals surface area contributed by atoms with Crippen LogP contribution in [0, 0.1) is 6.92 Å². The van der Waals surface area contributed by atoms with Crippen LogP contribution in [0.3, 0.4) is 0 Å². The van der Waals surface area contributed by atoms with E-state index in [-0.39, 0.29) is 5.56 Å². The van der Waals surface area contributed by atoms with Crippen LogP contribution in [-0.4, -0.2) is 27.2 Å². The second-order valence-corrected chi connectivity index (χ2v) is 5.73. The standard InChI is InChI=1S/C14H18N6O2S/c1-3-9(13(16)22)17-10-5-4-8(12(15)21)14(18-10)19-11-6-7(2)20-23-11/h4-6,9H,3H2,1-2H3,(H2,15,21)(H2,16,22)(H2,17,18,19)/t9-/m1/s1. The summed E-state index contributed by atoms with van der Waals surface area (Å²) in [5.41, 5.74) is 11.8. The van der Waals surface area contributed by atoms with Gasteiger partial charge in [-0.15, -0.1) is 0 Å². The summed E-state index contributed by atoms with van der Waals surface area (Å²) >= 11 is 1.25. The van der Waals surface area contributed by atoms with Gasteiger partial charge >= 0.3 is 0 Å². The van der Waals surface area contributed by atoms with Gasteiger partial charge < -0.3 is 22.1 Å². The lowest BCUT2D eigenvalue weighted by molar-refractivity contribution is -0.118. The predicted octanol–water partition coefficient (Wildman–Crippen LogP) is 1.36. The van der Waals surface area contributed by atoms with Gasteiger partial charge in [-0.1, -0.05) is 6.92 Å². The summed E-state index contributed by atoms with van der Waals surface area (Å²) in [6.45, 7) is 3.69. The molecule has 6 N–H and O–H groups in total. The Hall–Kier alpha value is -2.68. The Labute approximate surface area is 137 Å². The van der Waals surface area contributed by atoms with Gasteiger partial charge in [0, 0.05) is 0 Å². The zero-order valence-corrected chi connectivity index (χ0v) is 13.6. The van der Waals surface area contributed by atoms with Gasteiger partial charge in [0.05, 0.1) is 11.3 Å². The van der Waals surface area contributed by atoms with Crippen LogP contribution >= 0.6 is 11.5 Å². The molecule has 2 rings (SSSR count). The van der Waals surface area contributed by atoms with Crippen molar-refractivity contribution in [3.63, 3.8) is 0 Å². The van der Waals surface area contributed by atoms with Crippen molar-refractivity contribution in [3.8, 4) is 0 Å². The summed E-state index contributed by atoms with van der Waals surface area (Å²) in [5.74, 6) is -0.356. The molecule has 0 bridgehead atoms. The summed E-state index contributed by atoms with van der Waals surface area (Å²) in [4.78, 5) is 27.2.